The molecular formula is C32H29N5O6. The van der Waals surface area contributed by atoms with Crippen LogP contribution in [0.25, 0.3) is 11.0 Å². The molecule has 0 saturated heterocycles. The highest BCUT2D eigenvalue weighted by atomic mass is 16.7. The van der Waals surface area contributed by atoms with E-state index in [2.05, 4.69) is 15.6 Å². The van der Waals surface area contributed by atoms with Crippen LogP contribution < -0.4 is 24.3 Å². The standard InChI is InChI=1S/C32H29N5O6/c1-40-26-14-12-22(16-28(26)41-2)31(32(39)33-23-13-15-27-29(17-23)43-20-42-27)36(18-21-8-4-3-5-9-21)30(38)19-37-25-11-7-6-10-24(25)34-35-37/h3-17,31H,18-20H2,1-2H3,(H,33,39)/t31-/m1/s1. The number of methoxy groups -OCH3 is 2. The van der Waals surface area contributed by atoms with E-state index in [1.807, 2.05) is 54.6 Å². The molecule has 4 aromatic carbocycles. The minimum atomic E-state index is -1.06. The highest BCUT2D eigenvalue weighted by molar-refractivity contribution is 5.98. The number of carbonyl (C=O) groups excluding carboxylic acids is 2. The third-order valence-corrected chi connectivity index (χ3v) is 7.14. The van der Waals surface area contributed by atoms with E-state index in [1.165, 1.54) is 23.8 Å². The molecule has 1 aromatic heterocycles. The van der Waals surface area contributed by atoms with Crippen molar-refractivity contribution in [1.82, 2.24) is 19.9 Å². The van der Waals surface area contributed by atoms with Crippen molar-refractivity contribution >= 4 is 28.5 Å². The third kappa shape index (κ3) is 5.78. The van der Waals surface area contributed by atoms with E-state index >= 15 is 0 Å². The Kier molecular flexibility index (Phi) is 7.77. The number of rotatable bonds is 10. The van der Waals surface area contributed by atoms with Crippen molar-refractivity contribution in [3.63, 3.8) is 0 Å². The van der Waals surface area contributed by atoms with E-state index < -0.39 is 11.9 Å². The molecule has 43 heavy (non-hydrogen) atoms. The molecule has 2 heterocycles. The van der Waals surface area contributed by atoms with Gasteiger partial charge in [-0.25, -0.2) is 4.68 Å². The number of hydrogen-bond donors (Lipinski definition) is 1. The van der Waals surface area contributed by atoms with Crippen molar-refractivity contribution in [3.05, 3.63) is 102 Å². The van der Waals surface area contributed by atoms with Gasteiger partial charge in [0.25, 0.3) is 5.91 Å². The normalized spacial score (nSPS) is 12.5. The van der Waals surface area contributed by atoms with Crippen LogP contribution in [0.2, 0.25) is 0 Å². The lowest BCUT2D eigenvalue weighted by Gasteiger charge is -2.32. The van der Waals surface area contributed by atoms with E-state index in [4.69, 9.17) is 18.9 Å². The van der Waals surface area contributed by atoms with Gasteiger partial charge in [0.15, 0.2) is 23.0 Å². The number of hydrogen-bond acceptors (Lipinski definition) is 8. The van der Waals surface area contributed by atoms with Crippen molar-refractivity contribution in [1.29, 1.82) is 0 Å². The number of carbonyl (C=O) groups is 2. The summed E-state index contributed by atoms with van der Waals surface area (Å²) in [5.41, 5.74) is 3.25. The van der Waals surface area contributed by atoms with Gasteiger partial charge < -0.3 is 29.2 Å². The first kappa shape index (κ1) is 27.6. The number of nitrogens with zero attached hydrogens (tertiary/aromatic N) is 4. The Bertz CT molecular complexity index is 1770. The zero-order valence-corrected chi connectivity index (χ0v) is 23.6. The van der Waals surface area contributed by atoms with Gasteiger partial charge in [-0.1, -0.05) is 53.7 Å². The number of amides is 2. The fourth-order valence-corrected chi connectivity index (χ4v) is 5.04. The van der Waals surface area contributed by atoms with Crippen LogP contribution in [0.5, 0.6) is 23.0 Å². The van der Waals surface area contributed by atoms with Gasteiger partial charge in [0.1, 0.15) is 18.1 Å². The van der Waals surface area contributed by atoms with Gasteiger partial charge in [0, 0.05) is 18.3 Å². The Hall–Kier alpha value is -5.58. The maximum atomic E-state index is 14.2. The van der Waals surface area contributed by atoms with E-state index in [0.29, 0.717) is 45.3 Å². The summed E-state index contributed by atoms with van der Waals surface area (Å²) < 4.78 is 23.4. The summed E-state index contributed by atoms with van der Waals surface area (Å²) in [5, 5.41) is 11.4. The summed E-state index contributed by atoms with van der Waals surface area (Å²) in [5.74, 6) is 1.27. The van der Waals surface area contributed by atoms with Crippen LogP contribution in [-0.4, -0.2) is 52.7 Å². The summed E-state index contributed by atoms with van der Waals surface area (Å²) in [4.78, 5) is 30.0. The topological polar surface area (TPSA) is 117 Å². The molecule has 2 amide bonds. The summed E-state index contributed by atoms with van der Waals surface area (Å²) in [6, 6.07) is 26.1. The zero-order valence-electron chi connectivity index (χ0n) is 23.6. The molecule has 0 spiro atoms. The molecule has 1 aliphatic rings. The molecule has 1 atom stereocenters. The molecule has 0 bridgehead atoms. The second-order valence-corrected chi connectivity index (χ2v) is 9.82. The maximum Gasteiger partial charge on any atom is 0.251 e. The van der Waals surface area contributed by atoms with E-state index in [1.54, 1.807) is 36.4 Å². The van der Waals surface area contributed by atoms with E-state index in [-0.39, 0.29) is 25.8 Å². The SMILES string of the molecule is COc1ccc([C@H](C(=O)Nc2ccc3c(c2)OCO3)N(Cc2ccccc2)C(=O)Cn2nnc3ccccc32)cc1OC. The molecular weight excluding hydrogens is 550 g/mol. The van der Waals surface area contributed by atoms with Crippen LogP contribution in [0.1, 0.15) is 17.2 Å². The summed E-state index contributed by atoms with van der Waals surface area (Å²) in [6.07, 6.45) is 0. The molecule has 1 aliphatic heterocycles. The van der Waals surface area contributed by atoms with E-state index in [9.17, 15) is 9.59 Å². The van der Waals surface area contributed by atoms with Crippen molar-refractivity contribution in [2.75, 3.05) is 26.3 Å². The molecule has 0 aliphatic carbocycles. The minimum absolute atomic E-state index is 0.108. The first-order valence-corrected chi connectivity index (χ1v) is 13.6. The van der Waals surface area contributed by atoms with E-state index in [0.717, 1.165) is 5.56 Å². The number of benzene rings is 4. The van der Waals surface area contributed by atoms with Gasteiger partial charge in [0.2, 0.25) is 12.7 Å². The number of nitrogens with one attached hydrogen (secondary N) is 1. The van der Waals surface area contributed by atoms with Crippen molar-refractivity contribution < 1.29 is 28.5 Å². The van der Waals surface area contributed by atoms with Crippen LogP contribution in [0.15, 0.2) is 91.0 Å². The van der Waals surface area contributed by atoms with Gasteiger partial charge in [-0.2, -0.15) is 0 Å². The molecule has 11 nitrogen and oxygen atoms in total. The fraction of sp³-hybridized carbons (Fsp3) is 0.188. The Labute approximate surface area is 247 Å². The fourth-order valence-electron chi connectivity index (χ4n) is 5.04. The van der Waals surface area contributed by atoms with Crippen LogP contribution in [0.4, 0.5) is 5.69 Å². The highest BCUT2D eigenvalue weighted by Crippen LogP contribution is 2.36. The maximum absolute atomic E-state index is 14.2. The van der Waals surface area contributed by atoms with Crippen LogP contribution in [0.3, 0.4) is 0 Å². The summed E-state index contributed by atoms with van der Waals surface area (Å²) in [6.45, 7) is 0.131. The first-order chi connectivity index (χ1) is 21.0. The smallest absolute Gasteiger partial charge is 0.251 e. The molecule has 11 heteroatoms. The second-order valence-electron chi connectivity index (χ2n) is 9.82. The van der Waals surface area contributed by atoms with Gasteiger partial charge in [0.05, 0.1) is 19.7 Å². The molecule has 0 unspecified atom stereocenters. The quantitative estimate of drug-likeness (QED) is 0.256. The van der Waals surface area contributed by atoms with Crippen LogP contribution >= 0.6 is 0 Å². The monoisotopic (exact) mass is 579 g/mol. The number of fused-ring (bicyclic) bond motifs is 2. The number of ether oxygens (including phenoxy) is 4. The Morgan fingerprint density at radius 1 is 0.907 bits per heavy atom. The Morgan fingerprint density at radius 3 is 2.49 bits per heavy atom. The Morgan fingerprint density at radius 2 is 1.67 bits per heavy atom. The van der Waals surface area contributed by atoms with Crippen molar-refractivity contribution in [2.24, 2.45) is 0 Å². The second kappa shape index (κ2) is 12.1. The highest BCUT2D eigenvalue weighted by Gasteiger charge is 2.33. The minimum Gasteiger partial charge on any atom is -0.493 e. The predicted octanol–water partition coefficient (Wildman–Crippen LogP) is 4.59. The largest absolute Gasteiger partial charge is 0.493 e. The molecule has 218 valence electrons. The molecule has 0 saturated carbocycles. The molecule has 0 radical (unpaired) electrons. The number of aromatic nitrogens is 3. The van der Waals surface area contributed by atoms with Gasteiger partial charge in [-0.15, -0.1) is 5.10 Å². The summed E-state index contributed by atoms with van der Waals surface area (Å²) in [7, 11) is 3.06. The van der Waals surface area contributed by atoms with Gasteiger partial charge in [-0.3, -0.25) is 9.59 Å². The zero-order chi connectivity index (χ0) is 29.8. The summed E-state index contributed by atoms with van der Waals surface area (Å²) >= 11 is 0. The molecule has 0 fully saturated rings. The average Bonchev–Trinajstić information content (AvgIpc) is 3.68. The van der Waals surface area contributed by atoms with Gasteiger partial charge >= 0.3 is 0 Å². The first-order valence-electron chi connectivity index (χ1n) is 13.6. The Balaban J connectivity index is 1.41. The predicted molar refractivity (Wildman–Crippen MR) is 158 cm³/mol. The lowest BCUT2D eigenvalue weighted by Crippen LogP contribution is -2.42. The number of para-hydroxylation sites is 1. The van der Waals surface area contributed by atoms with Crippen LogP contribution in [-0.2, 0) is 22.7 Å². The van der Waals surface area contributed by atoms with Crippen molar-refractivity contribution in [2.45, 2.75) is 19.1 Å². The van der Waals surface area contributed by atoms with Crippen molar-refractivity contribution in [3.8, 4) is 23.0 Å². The lowest BCUT2D eigenvalue weighted by atomic mass is 10.0. The lowest BCUT2D eigenvalue weighted by molar-refractivity contribution is -0.140. The van der Waals surface area contributed by atoms with Crippen LogP contribution in [0, 0.1) is 0 Å². The molecule has 6 rings (SSSR count). The molecule has 1 N–H and O–H groups in total. The molecule has 5 aromatic rings. The van der Waals surface area contributed by atoms with Gasteiger partial charge in [-0.05, 0) is 47.5 Å². The average molecular weight is 580 g/mol. The third-order valence-electron chi connectivity index (χ3n) is 7.14. The number of anilines is 1.